The number of aliphatic hydroxyl groups is 1. The van der Waals surface area contributed by atoms with E-state index >= 15 is 0 Å². The molecule has 0 spiro atoms. The molecule has 0 aliphatic rings. The quantitative estimate of drug-likeness (QED) is 0.578. The largest absolute Gasteiger partial charge is 0.492 e. The van der Waals surface area contributed by atoms with Gasteiger partial charge in [-0.25, -0.2) is 4.79 Å². The van der Waals surface area contributed by atoms with Crippen LogP contribution in [0.1, 0.15) is 6.42 Å². The van der Waals surface area contributed by atoms with Crippen LogP contribution in [-0.4, -0.2) is 32.6 Å². The zero-order valence-electron chi connectivity index (χ0n) is 6.67. The van der Waals surface area contributed by atoms with Gasteiger partial charge in [-0.15, -0.1) is 4.73 Å². The molecule has 0 saturated heterocycles. The maximum Gasteiger partial charge on any atom is 0.335 e. The third-order valence-corrected chi connectivity index (χ3v) is 1.31. The van der Waals surface area contributed by atoms with Gasteiger partial charge in [-0.05, 0) is 0 Å². The third-order valence-electron chi connectivity index (χ3n) is 1.31. The second-order valence-corrected chi connectivity index (χ2v) is 2.28. The van der Waals surface area contributed by atoms with Gasteiger partial charge in [0.25, 0.3) is 0 Å². The van der Waals surface area contributed by atoms with Crippen LogP contribution in [0.3, 0.4) is 0 Å². The minimum Gasteiger partial charge on any atom is -0.492 e. The molecule has 1 aromatic heterocycles. The van der Waals surface area contributed by atoms with Gasteiger partial charge in [0.15, 0.2) is 0 Å². The molecule has 6 nitrogen and oxygen atoms in total. The summed E-state index contributed by atoms with van der Waals surface area (Å²) in [7, 11) is 0. The van der Waals surface area contributed by atoms with Crippen LogP contribution in [0.2, 0.25) is 0 Å². The summed E-state index contributed by atoms with van der Waals surface area (Å²) in [6, 6.07) is 2.34. The fourth-order valence-electron chi connectivity index (χ4n) is 0.734. The van der Waals surface area contributed by atoms with Gasteiger partial charge in [-0.2, -0.15) is 0 Å². The maximum atomic E-state index is 10.8. The van der Waals surface area contributed by atoms with Crippen LogP contribution in [0.5, 0.6) is 11.8 Å². The molecular weight excluding hydrogens is 178 g/mol. The summed E-state index contributed by atoms with van der Waals surface area (Å²) in [4.78, 5) is 15.3. The molecule has 0 fully saturated rings. The highest BCUT2D eigenvalue weighted by Crippen LogP contribution is 2.18. The van der Waals surface area contributed by atoms with E-state index in [1.807, 2.05) is 0 Å². The van der Waals surface area contributed by atoms with E-state index in [2.05, 4.69) is 4.84 Å². The first-order valence-corrected chi connectivity index (χ1v) is 3.57. The lowest BCUT2D eigenvalue weighted by atomic mass is 10.5. The van der Waals surface area contributed by atoms with Crippen LogP contribution < -0.4 is 4.84 Å². The molecule has 0 aliphatic heterocycles. The number of hydrogen-bond acceptors (Lipinski definition) is 5. The van der Waals surface area contributed by atoms with Crippen molar-refractivity contribution in [2.75, 3.05) is 6.61 Å². The Bertz CT molecular complexity index is 286. The molecule has 13 heavy (non-hydrogen) atoms. The molecule has 0 unspecified atom stereocenters. The lowest BCUT2D eigenvalue weighted by Crippen LogP contribution is -2.19. The van der Waals surface area contributed by atoms with E-state index in [0.29, 0.717) is 4.73 Å². The monoisotopic (exact) mass is 187 g/mol. The molecule has 72 valence electrons. The average molecular weight is 187 g/mol. The Morgan fingerprint density at radius 1 is 1.38 bits per heavy atom. The van der Waals surface area contributed by atoms with Crippen LogP contribution in [0.4, 0.5) is 0 Å². The Morgan fingerprint density at radius 2 is 1.92 bits per heavy atom. The van der Waals surface area contributed by atoms with Gasteiger partial charge in [0, 0.05) is 12.1 Å². The molecule has 1 rings (SSSR count). The number of nitrogens with zero attached hydrogens (tertiary/aromatic N) is 1. The summed E-state index contributed by atoms with van der Waals surface area (Å²) >= 11 is 0. The number of aromatic hydroxyl groups is 2. The van der Waals surface area contributed by atoms with Crippen molar-refractivity contribution in [3.8, 4) is 11.8 Å². The van der Waals surface area contributed by atoms with E-state index in [9.17, 15) is 4.79 Å². The highest BCUT2D eigenvalue weighted by Gasteiger charge is 2.10. The topological polar surface area (TPSA) is 91.9 Å². The number of carbonyl (C=O) groups is 1. The molecule has 0 saturated carbocycles. The predicted molar refractivity (Wildman–Crippen MR) is 41.1 cm³/mol. The summed E-state index contributed by atoms with van der Waals surface area (Å²) < 4.78 is 0.567. The van der Waals surface area contributed by atoms with Crippen LogP contribution in [-0.2, 0) is 4.79 Å². The molecule has 0 radical (unpaired) electrons. The smallest absolute Gasteiger partial charge is 0.335 e. The zero-order chi connectivity index (χ0) is 9.84. The second-order valence-electron chi connectivity index (χ2n) is 2.28. The van der Waals surface area contributed by atoms with Gasteiger partial charge in [0.2, 0.25) is 11.8 Å². The van der Waals surface area contributed by atoms with E-state index in [0.717, 1.165) is 0 Å². The molecule has 0 aliphatic carbocycles. The Morgan fingerprint density at radius 3 is 2.38 bits per heavy atom. The Balaban J connectivity index is 2.68. The Kier molecular flexibility index (Phi) is 2.76. The first-order chi connectivity index (χ1) is 6.15. The lowest BCUT2D eigenvalue weighted by molar-refractivity contribution is -0.146. The van der Waals surface area contributed by atoms with Gasteiger partial charge < -0.3 is 20.2 Å². The molecule has 1 heterocycles. The van der Waals surface area contributed by atoms with Crippen molar-refractivity contribution in [3.63, 3.8) is 0 Å². The van der Waals surface area contributed by atoms with Gasteiger partial charge in [-0.3, -0.25) is 0 Å². The number of aliphatic hydroxyl groups excluding tert-OH is 1. The van der Waals surface area contributed by atoms with E-state index in [4.69, 9.17) is 15.3 Å². The van der Waals surface area contributed by atoms with Crippen molar-refractivity contribution in [2.45, 2.75) is 6.42 Å². The summed E-state index contributed by atoms with van der Waals surface area (Å²) in [6.07, 6.45) is -0.197. The molecule has 0 amide bonds. The van der Waals surface area contributed by atoms with Gasteiger partial charge in [-0.1, -0.05) is 0 Å². The van der Waals surface area contributed by atoms with Crippen LogP contribution in [0.25, 0.3) is 0 Å². The van der Waals surface area contributed by atoms with Crippen LogP contribution >= 0.6 is 0 Å². The summed E-state index contributed by atoms with van der Waals surface area (Å²) in [6.45, 7) is -0.346. The Labute approximate surface area is 73.6 Å². The van der Waals surface area contributed by atoms with E-state index in [1.54, 1.807) is 0 Å². The molecule has 1 aromatic rings. The van der Waals surface area contributed by atoms with E-state index < -0.39 is 5.97 Å². The summed E-state index contributed by atoms with van der Waals surface area (Å²) in [5.41, 5.74) is 0. The van der Waals surface area contributed by atoms with Crippen molar-refractivity contribution in [3.05, 3.63) is 12.1 Å². The number of aromatic nitrogens is 1. The number of hydrogen-bond donors (Lipinski definition) is 3. The third kappa shape index (κ3) is 2.12. The Hall–Kier alpha value is -1.69. The van der Waals surface area contributed by atoms with E-state index in [1.165, 1.54) is 12.1 Å². The molecule has 6 heteroatoms. The lowest BCUT2D eigenvalue weighted by Gasteiger charge is -2.05. The van der Waals surface area contributed by atoms with Crippen LogP contribution in [0, 0.1) is 0 Å². The highest BCUT2D eigenvalue weighted by molar-refractivity contribution is 5.69. The standard InChI is InChI=1S/C7H9NO5/c9-4-3-7(12)13-8-5(10)1-2-6(8)11/h1-2,9-11H,3-4H2. The zero-order valence-corrected chi connectivity index (χ0v) is 6.67. The number of carbonyl (C=O) groups excluding carboxylic acids is 1. The molecular formula is C7H9NO5. The SMILES string of the molecule is O=C(CCO)On1c(O)ccc1O. The predicted octanol–water partition coefficient (Wildman–Crippen LogP) is -0.763. The number of rotatable bonds is 3. The van der Waals surface area contributed by atoms with Crippen molar-refractivity contribution >= 4 is 5.97 Å². The highest BCUT2D eigenvalue weighted by atomic mass is 16.7. The maximum absolute atomic E-state index is 10.8. The first kappa shape index (κ1) is 9.40. The van der Waals surface area contributed by atoms with Gasteiger partial charge >= 0.3 is 5.97 Å². The normalized spacial score (nSPS) is 9.92. The fraction of sp³-hybridized carbons (Fsp3) is 0.286. The van der Waals surface area contributed by atoms with Gasteiger partial charge in [0.1, 0.15) is 0 Å². The molecule has 0 atom stereocenters. The van der Waals surface area contributed by atoms with Crippen molar-refractivity contribution in [1.29, 1.82) is 0 Å². The molecule has 0 bridgehead atoms. The van der Waals surface area contributed by atoms with Gasteiger partial charge in [0.05, 0.1) is 13.0 Å². The fourth-order valence-corrected chi connectivity index (χ4v) is 0.734. The summed E-state index contributed by atoms with van der Waals surface area (Å²) in [5.74, 6) is -1.52. The first-order valence-electron chi connectivity index (χ1n) is 3.57. The minimum atomic E-state index is -0.746. The van der Waals surface area contributed by atoms with Crippen LogP contribution in [0.15, 0.2) is 12.1 Å². The summed E-state index contributed by atoms with van der Waals surface area (Å²) in [5, 5.41) is 26.4. The molecule has 0 aromatic carbocycles. The van der Waals surface area contributed by atoms with Crippen molar-refractivity contribution in [2.24, 2.45) is 0 Å². The van der Waals surface area contributed by atoms with Crippen molar-refractivity contribution < 1.29 is 25.0 Å². The van der Waals surface area contributed by atoms with E-state index in [-0.39, 0.29) is 24.8 Å². The average Bonchev–Trinajstić information content (AvgIpc) is 2.36. The second kappa shape index (κ2) is 3.81. The minimum absolute atomic E-state index is 0.197. The van der Waals surface area contributed by atoms with Crippen molar-refractivity contribution in [1.82, 2.24) is 4.73 Å². The molecule has 3 N–H and O–H groups in total.